The lowest BCUT2D eigenvalue weighted by molar-refractivity contribution is 0.177. The summed E-state index contributed by atoms with van der Waals surface area (Å²) in [5.74, 6) is 0.648. The van der Waals surface area contributed by atoms with Gasteiger partial charge in [0.05, 0.1) is 24.5 Å². The first kappa shape index (κ1) is 11.1. The number of halogens is 1. The monoisotopic (exact) mass is 243 g/mol. The van der Waals surface area contributed by atoms with E-state index < -0.39 is 6.04 Å². The summed E-state index contributed by atoms with van der Waals surface area (Å²) in [6.45, 7) is 0.318. The van der Waals surface area contributed by atoms with Gasteiger partial charge in [-0.25, -0.2) is 0 Å². The van der Waals surface area contributed by atoms with Gasteiger partial charge in [0.25, 0.3) is 5.89 Å². The fraction of sp³-hybridized carbons (Fsp3) is 0.333. The van der Waals surface area contributed by atoms with E-state index in [1.54, 1.807) is 13.2 Å². The topological polar surface area (TPSA) is 87.3 Å². The molecule has 6 nitrogen and oxygen atoms in total. The molecule has 0 aliphatic rings. The Kier molecular flexibility index (Phi) is 3.23. The third kappa shape index (κ3) is 2.08. The van der Waals surface area contributed by atoms with Gasteiger partial charge in [0.1, 0.15) is 0 Å². The minimum Gasteiger partial charge on any atom is -0.452 e. The average molecular weight is 244 g/mol. The van der Waals surface area contributed by atoms with Crippen LogP contribution in [0.5, 0.6) is 0 Å². The highest BCUT2D eigenvalue weighted by Crippen LogP contribution is 2.27. The molecule has 2 N–H and O–H groups in total. The van der Waals surface area contributed by atoms with Crippen LogP contribution in [0.4, 0.5) is 0 Å². The lowest BCUT2D eigenvalue weighted by Crippen LogP contribution is -2.17. The third-order valence-electron chi connectivity index (χ3n) is 1.97. The summed E-state index contributed by atoms with van der Waals surface area (Å²) >= 11 is 5.77. The number of nitrogens with zero attached hydrogens (tertiary/aromatic N) is 2. The molecule has 1 unspecified atom stereocenters. The van der Waals surface area contributed by atoms with Crippen LogP contribution in [0.2, 0.25) is 5.22 Å². The summed E-state index contributed by atoms with van der Waals surface area (Å²) < 4.78 is 14.8. The minimum absolute atomic E-state index is 0.204. The van der Waals surface area contributed by atoms with Crippen molar-refractivity contribution in [3.8, 4) is 11.5 Å². The Morgan fingerprint density at radius 1 is 1.62 bits per heavy atom. The fourth-order valence-electron chi connectivity index (χ4n) is 1.20. The minimum atomic E-state index is -0.423. The summed E-state index contributed by atoms with van der Waals surface area (Å²) in [7, 11) is 1.55. The number of methoxy groups -OCH3 is 1. The number of nitrogens with two attached hydrogens (primary N) is 1. The molecule has 2 aromatic heterocycles. The average Bonchev–Trinajstić information content (AvgIpc) is 2.86. The van der Waals surface area contributed by atoms with E-state index in [-0.39, 0.29) is 11.1 Å². The Bertz CT molecular complexity index is 468. The molecule has 0 fully saturated rings. The van der Waals surface area contributed by atoms with Gasteiger partial charge >= 0.3 is 0 Å². The molecule has 2 aromatic rings. The Balaban J connectivity index is 2.23. The van der Waals surface area contributed by atoms with Crippen molar-refractivity contribution in [3.05, 3.63) is 23.4 Å². The number of hydrogen-bond donors (Lipinski definition) is 1. The maximum Gasteiger partial charge on any atom is 0.262 e. The molecular weight excluding hydrogens is 234 g/mol. The van der Waals surface area contributed by atoms with Crippen molar-refractivity contribution < 1.29 is 13.7 Å². The molecule has 7 heteroatoms. The Hall–Kier alpha value is -1.37. The number of hydrogen-bond acceptors (Lipinski definition) is 6. The van der Waals surface area contributed by atoms with Crippen LogP contribution in [0.3, 0.4) is 0 Å². The van der Waals surface area contributed by atoms with Gasteiger partial charge in [-0.2, -0.15) is 4.98 Å². The third-order valence-corrected chi connectivity index (χ3v) is 2.26. The van der Waals surface area contributed by atoms with Gasteiger partial charge in [-0.15, -0.1) is 0 Å². The highest BCUT2D eigenvalue weighted by Gasteiger charge is 2.18. The first-order valence-electron chi connectivity index (χ1n) is 4.54. The van der Waals surface area contributed by atoms with Gasteiger partial charge in [0.2, 0.25) is 5.22 Å². The molecule has 2 rings (SSSR count). The summed E-state index contributed by atoms with van der Waals surface area (Å²) in [6.07, 6.45) is 1.44. The van der Waals surface area contributed by atoms with Crippen molar-refractivity contribution in [2.24, 2.45) is 5.73 Å². The fourth-order valence-corrected chi connectivity index (χ4v) is 1.39. The molecule has 0 saturated carbocycles. The van der Waals surface area contributed by atoms with Crippen LogP contribution >= 0.6 is 11.6 Å². The highest BCUT2D eigenvalue weighted by molar-refractivity contribution is 6.31. The summed E-state index contributed by atoms with van der Waals surface area (Å²) in [6, 6.07) is 1.22. The molecule has 0 spiro atoms. The van der Waals surface area contributed by atoms with Gasteiger partial charge in [0.15, 0.2) is 5.82 Å². The van der Waals surface area contributed by atoms with Gasteiger partial charge in [-0.3, -0.25) is 0 Å². The van der Waals surface area contributed by atoms with E-state index in [4.69, 9.17) is 31.0 Å². The van der Waals surface area contributed by atoms with Crippen molar-refractivity contribution in [3.63, 3.8) is 0 Å². The predicted octanol–water partition coefficient (Wildman–Crippen LogP) is 1.63. The van der Waals surface area contributed by atoms with E-state index in [0.717, 1.165) is 0 Å². The molecule has 0 aliphatic carbocycles. The second-order valence-electron chi connectivity index (χ2n) is 3.13. The number of aromatic nitrogens is 2. The zero-order valence-electron chi connectivity index (χ0n) is 8.51. The van der Waals surface area contributed by atoms with E-state index in [1.165, 1.54) is 6.26 Å². The summed E-state index contributed by atoms with van der Waals surface area (Å²) in [5.41, 5.74) is 6.29. The normalized spacial score (nSPS) is 12.9. The molecule has 1 atom stereocenters. The van der Waals surface area contributed by atoms with Crippen LogP contribution in [-0.2, 0) is 4.74 Å². The first-order chi connectivity index (χ1) is 7.72. The van der Waals surface area contributed by atoms with Gasteiger partial charge in [-0.1, -0.05) is 5.16 Å². The second kappa shape index (κ2) is 4.65. The Morgan fingerprint density at radius 3 is 3.06 bits per heavy atom. The molecule has 0 saturated heterocycles. The van der Waals surface area contributed by atoms with Crippen LogP contribution in [0.15, 0.2) is 21.3 Å². The predicted molar refractivity (Wildman–Crippen MR) is 55.8 cm³/mol. The number of ether oxygens (including phenoxy) is 1. The molecule has 16 heavy (non-hydrogen) atoms. The summed E-state index contributed by atoms with van der Waals surface area (Å²) in [4.78, 5) is 4.10. The smallest absolute Gasteiger partial charge is 0.262 e. The molecule has 86 valence electrons. The maximum atomic E-state index is 5.77. The first-order valence-corrected chi connectivity index (χ1v) is 4.91. The van der Waals surface area contributed by atoms with Gasteiger partial charge in [0, 0.05) is 7.11 Å². The van der Waals surface area contributed by atoms with Crippen LogP contribution in [0.25, 0.3) is 11.5 Å². The molecule has 0 aromatic carbocycles. The van der Waals surface area contributed by atoms with Crippen LogP contribution in [0, 0.1) is 0 Å². The van der Waals surface area contributed by atoms with E-state index in [2.05, 4.69) is 10.1 Å². The van der Waals surface area contributed by atoms with Gasteiger partial charge in [-0.05, 0) is 17.7 Å². The van der Waals surface area contributed by atoms with Crippen molar-refractivity contribution in [2.75, 3.05) is 13.7 Å². The number of rotatable bonds is 4. The van der Waals surface area contributed by atoms with E-state index in [0.29, 0.717) is 18.0 Å². The molecule has 2 heterocycles. The molecule has 0 aliphatic heterocycles. The SMILES string of the molecule is COCC(N)c1noc(-c2ccoc2Cl)n1. The largest absolute Gasteiger partial charge is 0.452 e. The molecule has 0 bridgehead atoms. The molecule has 0 radical (unpaired) electrons. The quantitative estimate of drug-likeness (QED) is 0.878. The molecule has 0 amide bonds. The molecular formula is C9H10ClN3O3. The Morgan fingerprint density at radius 2 is 2.44 bits per heavy atom. The Labute approximate surface area is 96.3 Å². The van der Waals surface area contributed by atoms with Crippen LogP contribution < -0.4 is 5.73 Å². The van der Waals surface area contributed by atoms with Gasteiger partial charge < -0.3 is 19.4 Å². The lowest BCUT2D eigenvalue weighted by Gasteiger charge is -2.02. The van der Waals surface area contributed by atoms with Crippen molar-refractivity contribution in [1.29, 1.82) is 0 Å². The highest BCUT2D eigenvalue weighted by atomic mass is 35.5. The zero-order valence-corrected chi connectivity index (χ0v) is 9.27. The van der Waals surface area contributed by atoms with Crippen molar-refractivity contribution in [2.45, 2.75) is 6.04 Å². The lowest BCUT2D eigenvalue weighted by atomic mass is 10.3. The van der Waals surface area contributed by atoms with Crippen LogP contribution in [0.1, 0.15) is 11.9 Å². The van der Waals surface area contributed by atoms with E-state index in [1.807, 2.05) is 0 Å². The van der Waals surface area contributed by atoms with Crippen LogP contribution in [-0.4, -0.2) is 23.9 Å². The maximum absolute atomic E-state index is 5.77. The van der Waals surface area contributed by atoms with Crippen molar-refractivity contribution in [1.82, 2.24) is 10.1 Å². The van der Waals surface area contributed by atoms with E-state index in [9.17, 15) is 0 Å². The second-order valence-corrected chi connectivity index (χ2v) is 3.47. The summed E-state index contributed by atoms with van der Waals surface area (Å²) in [5, 5.41) is 3.94. The van der Waals surface area contributed by atoms with Crippen molar-refractivity contribution >= 4 is 11.6 Å². The number of furan rings is 1. The van der Waals surface area contributed by atoms with E-state index >= 15 is 0 Å². The standard InChI is InChI=1S/C9H10ClN3O3/c1-14-4-6(11)8-12-9(16-13-8)5-2-3-15-7(5)10/h2-3,6H,4,11H2,1H3. The zero-order chi connectivity index (χ0) is 11.5.